The molecule has 1 heterocycles. The van der Waals surface area contributed by atoms with Crippen molar-refractivity contribution in [3.05, 3.63) is 42.5 Å². The van der Waals surface area contributed by atoms with Gasteiger partial charge >= 0.3 is 180 Å². The Hall–Kier alpha value is -0.0613. The van der Waals surface area contributed by atoms with E-state index in [1.54, 1.807) is 13.3 Å². The van der Waals surface area contributed by atoms with Gasteiger partial charge in [0.2, 0.25) is 0 Å². The quantitative estimate of drug-likeness (QED) is 0.254. The van der Waals surface area contributed by atoms with Gasteiger partial charge in [-0.2, -0.15) is 0 Å². The van der Waals surface area contributed by atoms with Crippen LogP contribution in [-0.4, -0.2) is 18.4 Å². The predicted octanol–water partition coefficient (Wildman–Crippen LogP) is 8.36. The summed E-state index contributed by atoms with van der Waals surface area (Å²) in [7, 11) is 0. The number of hydrogen-bond acceptors (Lipinski definition) is 2. The summed E-state index contributed by atoms with van der Waals surface area (Å²) in [5.74, 6) is 0. The minimum absolute atomic E-state index is 1.35. The van der Waals surface area contributed by atoms with Crippen molar-refractivity contribution in [3.8, 4) is 0 Å². The van der Waals surface area contributed by atoms with Crippen molar-refractivity contribution in [3.63, 3.8) is 0 Å². The molecule has 0 saturated heterocycles. The van der Waals surface area contributed by atoms with Crippen LogP contribution in [0.15, 0.2) is 62.0 Å². The Balaban J connectivity index is 1.94. The van der Waals surface area contributed by atoms with Crippen molar-refractivity contribution in [1.29, 1.82) is 0 Å². The molecule has 2 aromatic carbocycles. The summed E-state index contributed by atoms with van der Waals surface area (Å²) in [4.78, 5) is 5.83. The van der Waals surface area contributed by atoms with Crippen molar-refractivity contribution in [2.75, 3.05) is 0 Å². The Labute approximate surface area is 179 Å². The fourth-order valence-corrected chi connectivity index (χ4v) is 22.7. The molecule has 0 fully saturated rings. The van der Waals surface area contributed by atoms with Crippen LogP contribution in [0.5, 0.6) is 0 Å². The fourth-order valence-electron chi connectivity index (χ4n) is 4.21. The molecular formula is C24H34S2Sn. The molecule has 0 radical (unpaired) electrons. The summed E-state index contributed by atoms with van der Waals surface area (Å²) in [6.45, 7) is 7.10. The number of unbranched alkanes of at least 4 members (excludes halogenated alkanes) is 3. The van der Waals surface area contributed by atoms with Crippen molar-refractivity contribution >= 4 is 45.5 Å². The van der Waals surface area contributed by atoms with Crippen LogP contribution in [0.25, 0.3) is 0 Å². The van der Waals surface area contributed by atoms with E-state index in [4.69, 9.17) is 0 Å². The molecule has 2 aromatic rings. The third-order valence-corrected chi connectivity index (χ3v) is 24.0. The molecule has 0 aliphatic carbocycles. The summed E-state index contributed by atoms with van der Waals surface area (Å²) in [6.07, 6.45) is 8.35. The second kappa shape index (κ2) is 10.6. The van der Waals surface area contributed by atoms with E-state index >= 15 is 0 Å². The number of benzene rings is 2. The average Bonchev–Trinajstić information content (AvgIpc) is 2.71. The minimum atomic E-state index is -2.32. The molecular weight excluding hydrogens is 471 g/mol. The van der Waals surface area contributed by atoms with Crippen molar-refractivity contribution in [1.82, 2.24) is 0 Å². The molecule has 0 saturated carbocycles. The first-order chi connectivity index (χ1) is 13.2. The molecule has 3 heteroatoms. The van der Waals surface area contributed by atoms with Gasteiger partial charge in [0, 0.05) is 0 Å². The van der Waals surface area contributed by atoms with Gasteiger partial charge in [0.05, 0.1) is 0 Å². The van der Waals surface area contributed by atoms with E-state index in [-0.39, 0.29) is 0 Å². The van der Waals surface area contributed by atoms with Gasteiger partial charge in [-0.3, -0.25) is 0 Å². The molecule has 0 N–H and O–H groups in total. The molecule has 0 nitrogen and oxygen atoms in total. The average molecular weight is 505 g/mol. The van der Waals surface area contributed by atoms with E-state index < -0.39 is 18.4 Å². The topological polar surface area (TPSA) is 0 Å². The Bertz CT molecular complexity index is 719. The van der Waals surface area contributed by atoms with Gasteiger partial charge in [0.25, 0.3) is 0 Å². The zero-order valence-electron chi connectivity index (χ0n) is 17.2. The predicted molar refractivity (Wildman–Crippen MR) is 126 cm³/mol. The van der Waals surface area contributed by atoms with Crippen molar-refractivity contribution in [2.24, 2.45) is 0 Å². The first-order valence-corrected chi connectivity index (χ1v) is 19.9. The number of fused-ring (bicyclic) bond motifs is 2. The first kappa shape index (κ1) is 21.6. The summed E-state index contributed by atoms with van der Waals surface area (Å²) in [5.41, 5.74) is 0. The molecule has 146 valence electrons. The molecule has 1 aliphatic rings. The van der Waals surface area contributed by atoms with Gasteiger partial charge in [0.15, 0.2) is 0 Å². The standard InChI is InChI=1S/C12H7S2.3C4H9.Sn/c1-2-6-10-9(5-1)13-11-7-3-4-8-12(11)14-10;3*1-3-4-2;/h1-3,5-8H;3*1,3-4H2,2H3;. The molecule has 0 spiro atoms. The zero-order valence-corrected chi connectivity index (χ0v) is 21.7. The molecule has 0 unspecified atom stereocenters. The van der Waals surface area contributed by atoms with Gasteiger partial charge in [-0.1, -0.05) is 0 Å². The molecule has 1 aliphatic heterocycles. The maximum atomic E-state index is 2.64. The third-order valence-electron chi connectivity index (χ3n) is 5.87. The second-order valence-corrected chi connectivity index (χ2v) is 23.3. The van der Waals surface area contributed by atoms with E-state index in [1.165, 1.54) is 58.1 Å². The van der Waals surface area contributed by atoms with E-state index in [0.717, 1.165) is 0 Å². The van der Waals surface area contributed by atoms with E-state index in [9.17, 15) is 0 Å². The van der Waals surface area contributed by atoms with E-state index in [0.29, 0.717) is 0 Å². The maximum absolute atomic E-state index is 2.64. The normalized spacial score (nSPS) is 13.3. The Morgan fingerprint density at radius 1 is 0.630 bits per heavy atom. The number of hydrogen-bond donors (Lipinski definition) is 0. The SMILES string of the molecule is CCC[CH2][Sn]([CH2]CCC)([CH2]CCC)[c]1ccc2c(c1)Sc1ccccc1S2. The Kier molecular flexibility index (Phi) is 8.53. The van der Waals surface area contributed by atoms with Crippen molar-refractivity contribution in [2.45, 2.75) is 92.2 Å². The van der Waals surface area contributed by atoms with Crippen LogP contribution >= 0.6 is 23.5 Å². The summed E-state index contributed by atoms with van der Waals surface area (Å²) < 4.78 is 6.47. The number of rotatable bonds is 10. The Morgan fingerprint density at radius 3 is 1.63 bits per heavy atom. The molecule has 0 aromatic heterocycles. The summed E-state index contributed by atoms with van der Waals surface area (Å²) in [5, 5.41) is 0. The van der Waals surface area contributed by atoms with Gasteiger partial charge in [0.1, 0.15) is 0 Å². The molecule has 27 heavy (non-hydrogen) atoms. The first-order valence-electron chi connectivity index (χ1n) is 10.8. The van der Waals surface area contributed by atoms with Gasteiger partial charge in [-0.05, 0) is 0 Å². The zero-order chi connectivity index (χ0) is 19.1. The molecule has 0 atom stereocenters. The summed E-state index contributed by atoms with van der Waals surface area (Å²) >= 11 is 1.63. The van der Waals surface area contributed by atoms with Crippen LogP contribution in [0, 0.1) is 0 Å². The summed E-state index contributed by atoms with van der Waals surface area (Å²) in [6, 6.07) is 16.5. The van der Waals surface area contributed by atoms with Crippen LogP contribution < -0.4 is 3.58 Å². The second-order valence-electron chi connectivity index (χ2n) is 7.90. The van der Waals surface area contributed by atoms with Gasteiger partial charge in [-0.15, -0.1) is 0 Å². The van der Waals surface area contributed by atoms with Crippen LogP contribution in [0.1, 0.15) is 59.3 Å². The molecule has 0 bridgehead atoms. The van der Waals surface area contributed by atoms with Crippen LogP contribution in [-0.2, 0) is 0 Å². The van der Waals surface area contributed by atoms with Crippen molar-refractivity contribution < 1.29 is 0 Å². The van der Waals surface area contributed by atoms with E-state index in [1.807, 2.05) is 27.1 Å². The third kappa shape index (κ3) is 5.30. The van der Waals surface area contributed by atoms with Gasteiger partial charge < -0.3 is 0 Å². The fraction of sp³-hybridized carbons (Fsp3) is 0.500. The van der Waals surface area contributed by atoms with Crippen LogP contribution in [0.2, 0.25) is 13.3 Å². The molecule has 0 amide bonds. The van der Waals surface area contributed by atoms with Crippen LogP contribution in [0.3, 0.4) is 0 Å². The van der Waals surface area contributed by atoms with Crippen LogP contribution in [0.4, 0.5) is 0 Å². The molecule has 3 rings (SSSR count). The monoisotopic (exact) mass is 506 g/mol. The van der Waals surface area contributed by atoms with E-state index in [2.05, 4.69) is 63.2 Å². The Morgan fingerprint density at radius 2 is 1.11 bits per heavy atom. The van der Waals surface area contributed by atoms with Gasteiger partial charge in [-0.25, -0.2) is 0 Å².